The van der Waals surface area contributed by atoms with Crippen LogP contribution in [0.2, 0.25) is 0 Å². The van der Waals surface area contributed by atoms with Crippen LogP contribution in [0.3, 0.4) is 0 Å². The van der Waals surface area contributed by atoms with Crippen molar-refractivity contribution in [3.05, 3.63) is 91.9 Å². The van der Waals surface area contributed by atoms with Gasteiger partial charge in [-0.1, -0.05) is 36.0 Å². The van der Waals surface area contributed by atoms with E-state index in [4.69, 9.17) is 0 Å². The monoisotopic (exact) mass is 496 g/mol. The van der Waals surface area contributed by atoms with Crippen LogP contribution in [-0.2, 0) is 20.4 Å². The zero-order chi connectivity index (χ0) is 24.6. The molecule has 1 aliphatic heterocycles. The molecule has 0 saturated heterocycles. The Balaban J connectivity index is 1.67. The zero-order valence-electron chi connectivity index (χ0n) is 18.2. The highest BCUT2D eigenvalue weighted by molar-refractivity contribution is 8.04. The van der Waals surface area contributed by atoms with Gasteiger partial charge in [-0.3, -0.25) is 14.9 Å². The summed E-state index contributed by atoms with van der Waals surface area (Å²) in [4.78, 5) is 23.8. The number of nitrogens with zero attached hydrogens (tertiary/aromatic N) is 1. The minimum absolute atomic E-state index is 0.136. The molecule has 0 fully saturated rings. The van der Waals surface area contributed by atoms with Crippen LogP contribution < -0.4 is 5.32 Å². The maximum Gasteiger partial charge on any atom is 0.311 e. The molecule has 0 atom stereocenters. The Labute approximate surface area is 200 Å². The number of hydrogen-bond donors (Lipinski definition) is 2. The van der Waals surface area contributed by atoms with Gasteiger partial charge < -0.3 is 10.4 Å². The predicted octanol–water partition coefficient (Wildman–Crippen LogP) is 4.98. The minimum Gasteiger partial charge on any atom is -0.502 e. The quantitative estimate of drug-likeness (QED) is 0.290. The molecule has 8 nitrogen and oxygen atoms in total. The van der Waals surface area contributed by atoms with E-state index in [9.17, 15) is 28.4 Å². The molecule has 174 valence electrons. The maximum atomic E-state index is 13.2. The molecule has 0 aromatic heterocycles. The van der Waals surface area contributed by atoms with Gasteiger partial charge in [-0.2, -0.15) is 0 Å². The van der Waals surface area contributed by atoms with Crippen LogP contribution in [0, 0.1) is 24.0 Å². The molecule has 34 heavy (non-hydrogen) atoms. The highest BCUT2D eigenvalue weighted by Gasteiger charge is 2.25. The van der Waals surface area contributed by atoms with Gasteiger partial charge in [0.1, 0.15) is 0 Å². The Morgan fingerprint density at radius 2 is 1.79 bits per heavy atom. The number of sulfone groups is 1. The first-order valence-corrected chi connectivity index (χ1v) is 12.6. The summed E-state index contributed by atoms with van der Waals surface area (Å²) in [5.41, 5.74) is 2.92. The topological polar surface area (TPSA) is 127 Å². The second-order valence-electron chi connectivity index (χ2n) is 7.86. The minimum atomic E-state index is -3.65. The molecule has 0 aliphatic carbocycles. The average Bonchev–Trinajstić information content (AvgIpc) is 2.77. The summed E-state index contributed by atoms with van der Waals surface area (Å²) < 4.78 is 26.3. The van der Waals surface area contributed by atoms with Crippen LogP contribution in [0.1, 0.15) is 22.3 Å². The van der Waals surface area contributed by atoms with Gasteiger partial charge in [0.2, 0.25) is 0 Å². The Morgan fingerprint density at radius 3 is 2.47 bits per heavy atom. The van der Waals surface area contributed by atoms with E-state index in [2.05, 4.69) is 5.32 Å². The lowest BCUT2D eigenvalue weighted by Gasteiger charge is -2.20. The first kappa shape index (κ1) is 23.5. The van der Waals surface area contributed by atoms with Crippen LogP contribution in [0.15, 0.2) is 69.3 Å². The number of phenolic OH excluding ortho intramolecular Hbond substituents is 1. The van der Waals surface area contributed by atoms with Crippen molar-refractivity contribution >= 4 is 45.0 Å². The number of benzene rings is 3. The molecule has 1 amide bonds. The van der Waals surface area contributed by atoms with Crippen molar-refractivity contribution in [2.75, 3.05) is 5.32 Å². The van der Waals surface area contributed by atoms with Gasteiger partial charge in [0.05, 0.1) is 26.2 Å². The van der Waals surface area contributed by atoms with Crippen LogP contribution in [-0.4, -0.2) is 24.4 Å². The number of nitro benzene ring substituents is 1. The molecule has 0 unspecified atom stereocenters. The van der Waals surface area contributed by atoms with Crippen molar-refractivity contribution in [3.63, 3.8) is 0 Å². The average molecular weight is 497 g/mol. The van der Waals surface area contributed by atoms with E-state index >= 15 is 0 Å². The molecule has 1 heterocycles. The first-order chi connectivity index (χ1) is 16.0. The van der Waals surface area contributed by atoms with E-state index in [1.165, 1.54) is 30.3 Å². The lowest BCUT2D eigenvalue weighted by atomic mass is 10.1. The van der Waals surface area contributed by atoms with Crippen molar-refractivity contribution in [1.82, 2.24) is 0 Å². The highest BCUT2D eigenvalue weighted by atomic mass is 32.2. The lowest BCUT2D eigenvalue weighted by molar-refractivity contribution is -0.385. The van der Waals surface area contributed by atoms with E-state index in [0.29, 0.717) is 16.1 Å². The number of anilines is 1. The van der Waals surface area contributed by atoms with Gasteiger partial charge in [0.25, 0.3) is 5.91 Å². The SMILES string of the molecule is Cc1cccc(C)c1CS(=O)(=O)c1ccc2c(c1)S/C(=C/c1ccc(O)c([N+](=O)[O-])c1)C(=O)N2. The van der Waals surface area contributed by atoms with E-state index in [-0.39, 0.29) is 15.6 Å². The fourth-order valence-corrected chi connectivity index (χ4v) is 6.25. The number of amides is 1. The van der Waals surface area contributed by atoms with Crippen molar-refractivity contribution in [3.8, 4) is 5.75 Å². The number of phenols is 1. The number of fused-ring (bicyclic) bond motifs is 1. The summed E-state index contributed by atoms with van der Waals surface area (Å²) in [6, 6.07) is 14.0. The number of thioether (sulfide) groups is 1. The molecule has 0 radical (unpaired) electrons. The van der Waals surface area contributed by atoms with E-state index < -0.39 is 32.1 Å². The highest BCUT2D eigenvalue weighted by Crippen LogP contribution is 2.41. The summed E-state index contributed by atoms with van der Waals surface area (Å²) >= 11 is 1.07. The van der Waals surface area contributed by atoms with Crippen molar-refractivity contribution in [1.29, 1.82) is 0 Å². The van der Waals surface area contributed by atoms with Gasteiger partial charge >= 0.3 is 5.69 Å². The summed E-state index contributed by atoms with van der Waals surface area (Å²) in [6.45, 7) is 3.75. The number of nitro groups is 1. The number of nitrogens with one attached hydrogen (secondary N) is 1. The molecule has 10 heteroatoms. The van der Waals surface area contributed by atoms with Gasteiger partial charge in [-0.25, -0.2) is 8.42 Å². The zero-order valence-corrected chi connectivity index (χ0v) is 19.9. The third-order valence-corrected chi connectivity index (χ3v) is 8.20. The number of hydrogen-bond acceptors (Lipinski definition) is 7. The van der Waals surface area contributed by atoms with Gasteiger partial charge in [0.15, 0.2) is 15.6 Å². The molecule has 2 N–H and O–H groups in total. The molecule has 0 saturated carbocycles. The fourth-order valence-electron chi connectivity index (χ4n) is 3.61. The Morgan fingerprint density at radius 1 is 1.09 bits per heavy atom. The van der Waals surface area contributed by atoms with E-state index in [0.717, 1.165) is 34.5 Å². The van der Waals surface area contributed by atoms with Crippen molar-refractivity contribution in [2.24, 2.45) is 0 Å². The van der Waals surface area contributed by atoms with E-state index in [1.807, 2.05) is 32.0 Å². The Kier molecular flexibility index (Phi) is 6.20. The molecular formula is C24H20N2O6S2. The van der Waals surface area contributed by atoms with Crippen LogP contribution in [0.4, 0.5) is 11.4 Å². The van der Waals surface area contributed by atoms with Gasteiger partial charge in [-0.15, -0.1) is 0 Å². The number of carbonyl (C=O) groups is 1. The van der Waals surface area contributed by atoms with Crippen molar-refractivity contribution < 1.29 is 23.2 Å². The number of aromatic hydroxyl groups is 1. The molecule has 0 spiro atoms. The first-order valence-electron chi connectivity index (χ1n) is 10.2. The molecule has 1 aliphatic rings. The fraction of sp³-hybridized carbons (Fsp3) is 0.125. The Bertz CT molecular complexity index is 1460. The van der Waals surface area contributed by atoms with Crippen LogP contribution in [0.25, 0.3) is 6.08 Å². The molecule has 3 aromatic carbocycles. The lowest BCUT2D eigenvalue weighted by Crippen LogP contribution is -2.18. The smallest absolute Gasteiger partial charge is 0.311 e. The maximum absolute atomic E-state index is 13.2. The predicted molar refractivity (Wildman–Crippen MR) is 130 cm³/mol. The number of aryl methyl sites for hydroxylation is 2. The molecule has 0 bridgehead atoms. The largest absolute Gasteiger partial charge is 0.502 e. The molecular weight excluding hydrogens is 476 g/mol. The Hall–Kier alpha value is -3.63. The van der Waals surface area contributed by atoms with Gasteiger partial charge in [-0.05, 0) is 66.4 Å². The normalized spacial score (nSPS) is 14.5. The molecule has 3 aromatic rings. The third-order valence-electron chi connectivity index (χ3n) is 5.48. The van der Waals surface area contributed by atoms with Crippen LogP contribution >= 0.6 is 11.8 Å². The van der Waals surface area contributed by atoms with Gasteiger partial charge in [0, 0.05) is 11.0 Å². The number of rotatable bonds is 5. The second kappa shape index (κ2) is 8.96. The van der Waals surface area contributed by atoms with E-state index in [1.54, 1.807) is 6.07 Å². The summed E-state index contributed by atoms with van der Waals surface area (Å²) in [5, 5.41) is 23.4. The summed E-state index contributed by atoms with van der Waals surface area (Å²) in [6.07, 6.45) is 1.45. The molecule has 4 rings (SSSR count). The number of carbonyl (C=O) groups excluding carboxylic acids is 1. The second-order valence-corrected chi connectivity index (χ2v) is 10.9. The third kappa shape index (κ3) is 4.68. The standard InChI is InChI=1S/C24H20N2O6S2/c1-14-4-3-5-15(2)18(14)13-34(31,32)17-7-8-19-22(12-17)33-23(24(28)25-19)11-16-6-9-21(27)20(10-16)26(29)30/h3-12,27H,13H2,1-2H3,(H,25,28)/b23-11+. The van der Waals surface area contributed by atoms with Crippen molar-refractivity contribution in [2.45, 2.75) is 29.4 Å². The summed E-state index contributed by atoms with van der Waals surface area (Å²) in [5.74, 6) is -1.03. The summed E-state index contributed by atoms with van der Waals surface area (Å²) in [7, 11) is -3.65. The van der Waals surface area contributed by atoms with Crippen LogP contribution in [0.5, 0.6) is 5.75 Å².